The molecule has 0 radical (unpaired) electrons. The summed E-state index contributed by atoms with van der Waals surface area (Å²) in [4.78, 5) is 24.6. The molecule has 1 aromatic carbocycles. The molecule has 0 bridgehead atoms. The Morgan fingerprint density at radius 1 is 1.04 bits per heavy atom. The number of rotatable bonds is 6. The lowest BCUT2D eigenvalue weighted by Crippen LogP contribution is -2.43. The second-order valence-electron chi connectivity index (χ2n) is 6.99. The van der Waals surface area contributed by atoms with Crippen LogP contribution in [0.5, 0.6) is 0 Å². The average molecular weight is 349 g/mol. The molecular weight excluding hydrogens is 324 g/mol. The van der Waals surface area contributed by atoms with Gasteiger partial charge in [0.25, 0.3) is 0 Å². The SMILES string of the molecule is O=C(CNC(=O)C(c1ccc(Cl)cc1)C1CC1)NC1CCCCC1. The molecule has 2 amide bonds. The Morgan fingerprint density at radius 3 is 2.33 bits per heavy atom. The van der Waals surface area contributed by atoms with Crippen LogP contribution in [0.15, 0.2) is 24.3 Å². The van der Waals surface area contributed by atoms with E-state index in [9.17, 15) is 9.59 Å². The van der Waals surface area contributed by atoms with Gasteiger partial charge in [-0.15, -0.1) is 0 Å². The molecular formula is C19H25ClN2O2. The second-order valence-corrected chi connectivity index (χ2v) is 7.42. The van der Waals surface area contributed by atoms with Gasteiger partial charge in [0.2, 0.25) is 11.8 Å². The molecule has 2 N–H and O–H groups in total. The molecule has 0 heterocycles. The lowest BCUT2D eigenvalue weighted by atomic mass is 9.93. The molecule has 1 aromatic rings. The lowest BCUT2D eigenvalue weighted by molar-refractivity contribution is -0.127. The predicted octanol–water partition coefficient (Wildman–Crippen LogP) is 3.40. The van der Waals surface area contributed by atoms with E-state index in [1.54, 1.807) is 0 Å². The van der Waals surface area contributed by atoms with Crippen LogP contribution in [0.4, 0.5) is 0 Å². The minimum absolute atomic E-state index is 0.0568. The molecule has 3 rings (SSSR count). The van der Waals surface area contributed by atoms with Crippen LogP contribution in [-0.4, -0.2) is 24.4 Å². The summed E-state index contributed by atoms with van der Waals surface area (Å²) in [6.45, 7) is 0.0616. The minimum atomic E-state index is -0.176. The van der Waals surface area contributed by atoms with Crippen LogP contribution in [-0.2, 0) is 9.59 Å². The van der Waals surface area contributed by atoms with Crippen molar-refractivity contribution in [2.45, 2.75) is 56.9 Å². The fourth-order valence-electron chi connectivity index (χ4n) is 3.54. The molecule has 1 atom stereocenters. The highest BCUT2D eigenvalue weighted by atomic mass is 35.5. The largest absolute Gasteiger partial charge is 0.352 e. The molecule has 0 saturated heterocycles. The zero-order chi connectivity index (χ0) is 16.9. The van der Waals surface area contributed by atoms with Crippen molar-refractivity contribution in [1.82, 2.24) is 10.6 Å². The van der Waals surface area contributed by atoms with Crippen LogP contribution in [0.3, 0.4) is 0 Å². The summed E-state index contributed by atoms with van der Waals surface area (Å²) in [5.41, 5.74) is 0.979. The number of hydrogen-bond donors (Lipinski definition) is 2. The first-order valence-corrected chi connectivity index (χ1v) is 9.34. The number of halogens is 1. The van der Waals surface area contributed by atoms with Gasteiger partial charge in [0.1, 0.15) is 0 Å². The lowest BCUT2D eigenvalue weighted by Gasteiger charge is -2.23. The Labute approximate surface area is 148 Å². The summed E-state index contributed by atoms with van der Waals surface area (Å²) in [5, 5.41) is 6.52. The van der Waals surface area contributed by atoms with Crippen LogP contribution in [0.25, 0.3) is 0 Å². The maximum atomic E-state index is 12.6. The molecule has 24 heavy (non-hydrogen) atoms. The highest BCUT2D eigenvalue weighted by Crippen LogP contribution is 2.42. The van der Waals surface area contributed by atoms with Crippen LogP contribution < -0.4 is 10.6 Å². The van der Waals surface area contributed by atoms with Gasteiger partial charge in [-0.1, -0.05) is 43.0 Å². The molecule has 2 aliphatic carbocycles. The van der Waals surface area contributed by atoms with Crippen molar-refractivity contribution >= 4 is 23.4 Å². The van der Waals surface area contributed by atoms with Gasteiger partial charge in [0.05, 0.1) is 12.5 Å². The normalized spacial score (nSPS) is 19.5. The standard InChI is InChI=1S/C19H25ClN2O2/c20-15-10-8-14(9-11-15)18(13-6-7-13)19(24)21-12-17(23)22-16-4-2-1-3-5-16/h8-11,13,16,18H,1-7,12H2,(H,21,24)(H,22,23). The molecule has 2 saturated carbocycles. The third kappa shape index (κ3) is 4.73. The van der Waals surface area contributed by atoms with Gasteiger partial charge >= 0.3 is 0 Å². The number of hydrogen-bond acceptors (Lipinski definition) is 2. The van der Waals surface area contributed by atoms with Crippen molar-refractivity contribution in [3.05, 3.63) is 34.9 Å². The van der Waals surface area contributed by atoms with Crippen molar-refractivity contribution in [3.63, 3.8) is 0 Å². The van der Waals surface area contributed by atoms with E-state index < -0.39 is 0 Å². The van der Waals surface area contributed by atoms with Gasteiger partial charge in [-0.2, -0.15) is 0 Å². The molecule has 0 aliphatic heterocycles. The summed E-state index contributed by atoms with van der Waals surface area (Å²) in [5.74, 6) is 0.0665. The molecule has 5 heteroatoms. The molecule has 0 aromatic heterocycles. The molecule has 1 unspecified atom stereocenters. The first kappa shape index (κ1) is 17.3. The summed E-state index contributed by atoms with van der Waals surface area (Å²) < 4.78 is 0. The highest BCUT2D eigenvalue weighted by Gasteiger charge is 2.37. The van der Waals surface area contributed by atoms with E-state index in [1.165, 1.54) is 19.3 Å². The molecule has 4 nitrogen and oxygen atoms in total. The molecule has 2 fully saturated rings. The molecule has 130 valence electrons. The third-order valence-corrected chi connectivity index (χ3v) is 5.25. The quantitative estimate of drug-likeness (QED) is 0.827. The number of nitrogens with one attached hydrogen (secondary N) is 2. The summed E-state index contributed by atoms with van der Waals surface area (Å²) in [6, 6.07) is 7.73. The fourth-order valence-corrected chi connectivity index (χ4v) is 3.67. The van der Waals surface area contributed by atoms with Crippen molar-refractivity contribution < 1.29 is 9.59 Å². The van der Waals surface area contributed by atoms with E-state index in [4.69, 9.17) is 11.6 Å². The van der Waals surface area contributed by atoms with Gasteiger partial charge in [-0.05, 0) is 49.3 Å². The Morgan fingerprint density at radius 2 is 1.71 bits per heavy atom. The van der Waals surface area contributed by atoms with Crippen molar-refractivity contribution in [2.24, 2.45) is 5.92 Å². The number of carbonyl (C=O) groups excluding carboxylic acids is 2. The average Bonchev–Trinajstić information content (AvgIpc) is 3.41. The predicted molar refractivity (Wildman–Crippen MR) is 94.9 cm³/mol. The van der Waals surface area contributed by atoms with Gasteiger partial charge in [0, 0.05) is 11.1 Å². The Hall–Kier alpha value is -1.55. The first-order valence-electron chi connectivity index (χ1n) is 8.96. The van der Waals surface area contributed by atoms with Gasteiger partial charge in [-0.3, -0.25) is 9.59 Å². The Balaban J connectivity index is 1.52. The van der Waals surface area contributed by atoms with Gasteiger partial charge in [-0.25, -0.2) is 0 Å². The second kappa shape index (κ2) is 8.02. The molecule has 2 aliphatic rings. The highest BCUT2D eigenvalue weighted by molar-refractivity contribution is 6.30. The topological polar surface area (TPSA) is 58.2 Å². The van der Waals surface area contributed by atoms with Crippen molar-refractivity contribution in [2.75, 3.05) is 6.54 Å². The molecule has 0 spiro atoms. The van der Waals surface area contributed by atoms with Crippen LogP contribution in [0.1, 0.15) is 56.4 Å². The maximum absolute atomic E-state index is 12.6. The Kier molecular flexibility index (Phi) is 5.77. The first-order chi connectivity index (χ1) is 11.6. The third-order valence-electron chi connectivity index (χ3n) is 5.00. The number of amides is 2. The van der Waals surface area contributed by atoms with Crippen molar-refractivity contribution in [3.8, 4) is 0 Å². The van der Waals surface area contributed by atoms with E-state index >= 15 is 0 Å². The zero-order valence-electron chi connectivity index (χ0n) is 13.9. The zero-order valence-corrected chi connectivity index (χ0v) is 14.6. The smallest absolute Gasteiger partial charge is 0.239 e. The fraction of sp³-hybridized carbons (Fsp3) is 0.579. The maximum Gasteiger partial charge on any atom is 0.239 e. The summed E-state index contributed by atoms with van der Waals surface area (Å²) >= 11 is 5.93. The van der Waals surface area contributed by atoms with Crippen LogP contribution in [0.2, 0.25) is 5.02 Å². The van der Waals surface area contributed by atoms with E-state index in [0.717, 1.165) is 31.2 Å². The van der Waals surface area contributed by atoms with Crippen LogP contribution >= 0.6 is 11.6 Å². The van der Waals surface area contributed by atoms with Gasteiger partial charge < -0.3 is 10.6 Å². The number of benzene rings is 1. The summed E-state index contributed by atoms with van der Waals surface area (Å²) in [6.07, 6.45) is 7.84. The van der Waals surface area contributed by atoms with E-state index in [2.05, 4.69) is 10.6 Å². The van der Waals surface area contributed by atoms with Crippen LogP contribution in [0, 0.1) is 5.92 Å². The minimum Gasteiger partial charge on any atom is -0.352 e. The van der Waals surface area contributed by atoms with Gasteiger partial charge in [0.15, 0.2) is 0 Å². The van der Waals surface area contributed by atoms with E-state index in [0.29, 0.717) is 10.9 Å². The van der Waals surface area contributed by atoms with E-state index in [-0.39, 0.29) is 30.3 Å². The summed E-state index contributed by atoms with van der Waals surface area (Å²) in [7, 11) is 0. The number of carbonyl (C=O) groups is 2. The van der Waals surface area contributed by atoms with Crippen molar-refractivity contribution in [1.29, 1.82) is 0 Å². The monoisotopic (exact) mass is 348 g/mol. The van der Waals surface area contributed by atoms with E-state index in [1.807, 2.05) is 24.3 Å². The Bertz CT molecular complexity index is 578.